The number of amides is 3. The normalized spacial score (nSPS) is 13.8. The average Bonchev–Trinajstić information content (AvgIpc) is 3.28. The number of hydrogen-bond donors (Lipinski definition) is 5. The van der Waals surface area contributed by atoms with Crippen molar-refractivity contribution >= 4 is 29.2 Å². The highest BCUT2D eigenvalue weighted by molar-refractivity contribution is 6.05. The molecule has 34 heavy (non-hydrogen) atoms. The Morgan fingerprint density at radius 1 is 1.06 bits per heavy atom. The van der Waals surface area contributed by atoms with Gasteiger partial charge in [0.15, 0.2) is 0 Å². The van der Waals surface area contributed by atoms with E-state index in [9.17, 15) is 14.4 Å². The Balaban J connectivity index is 1.53. The molecule has 3 aromatic rings. The summed E-state index contributed by atoms with van der Waals surface area (Å²) in [7, 11) is 0. The van der Waals surface area contributed by atoms with E-state index in [1.165, 1.54) is 0 Å². The Labute approximate surface area is 197 Å². The summed E-state index contributed by atoms with van der Waals surface area (Å²) in [5.74, 6) is -0.468. The van der Waals surface area contributed by atoms with Crippen molar-refractivity contribution in [2.75, 3.05) is 23.7 Å². The first kappa shape index (κ1) is 22.9. The number of fused-ring (bicyclic) bond motifs is 1. The van der Waals surface area contributed by atoms with Crippen molar-refractivity contribution in [1.29, 1.82) is 0 Å². The van der Waals surface area contributed by atoms with Crippen LogP contribution < -0.4 is 21.3 Å². The number of hydrogen-bond acceptors (Lipinski definition) is 5. The van der Waals surface area contributed by atoms with Crippen LogP contribution in [0.3, 0.4) is 0 Å². The summed E-state index contributed by atoms with van der Waals surface area (Å²) in [5.41, 5.74) is 3.81. The number of carbonyl (C=O) groups is 3. The molecule has 1 aliphatic rings. The van der Waals surface area contributed by atoms with Gasteiger partial charge in [0, 0.05) is 47.5 Å². The number of nitrogens with one attached hydrogen (secondary N) is 5. The quantitative estimate of drug-likeness (QED) is 0.376. The zero-order chi connectivity index (χ0) is 23.9. The van der Waals surface area contributed by atoms with E-state index in [1.54, 1.807) is 36.5 Å². The molecule has 3 heterocycles. The summed E-state index contributed by atoms with van der Waals surface area (Å²) in [6.07, 6.45) is 4.69. The molecule has 1 aromatic carbocycles. The number of carbonyl (C=O) groups excluding carboxylic acids is 3. The lowest BCUT2D eigenvalue weighted by Gasteiger charge is -2.10. The van der Waals surface area contributed by atoms with Gasteiger partial charge in [-0.05, 0) is 61.9 Å². The van der Waals surface area contributed by atoms with Crippen molar-refractivity contribution in [1.82, 2.24) is 20.6 Å². The van der Waals surface area contributed by atoms with Gasteiger partial charge in [-0.15, -0.1) is 0 Å². The molecular weight excluding hydrogens is 432 g/mol. The number of anilines is 2. The third-order valence-corrected chi connectivity index (χ3v) is 5.40. The van der Waals surface area contributed by atoms with Crippen molar-refractivity contribution in [3.8, 4) is 11.3 Å². The van der Waals surface area contributed by atoms with Crippen LogP contribution in [-0.4, -0.2) is 40.8 Å². The van der Waals surface area contributed by atoms with Crippen LogP contribution in [0.15, 0.2) is 61.3 Å². The molecule has 3 amide bonds. The van der Waals surface area contributed by atoms with E-state index in [2.05, 4.69) is 37.8 Å². The molecule has 0 bridgehead atoms. The van der Waals surface area contributed by atoms with Crippen molar-refractivity contribution < 1.29 is 14.4 Å². The third-order valence-electron chi connectivity index (χ3n) is 5.40. The monoisotopic (exact) mass is 458 g/mol. The lowest BCUT2D eigenvalue weighted by molar-refractivity contribution is -0.111. The van der Waals surface area contributed by atoms with Gasteiger partial charge in [0.05, 0.1) is 5.56 Å². The first-order valence-electron chi connectivity index (χ1n) is 11.1. The Hall–Kier alpha value is -4.24. The number of rotatable bonds is 5. The van der Waals surface area contributed by atoms with Crippen molar-refractivity contribution in [3.05, 3.63) is 78.1 Å². The predicted molar refractivity (Wildman–Crippen MR) is 131 cm³/mol. The third kappa shape index (κ3) is 5.57. The van der Waals surface area contributed by atoms with Crippen molar-refractivity contribution in [2.24, 2.45) is 0 Å². The summed E-state index contributed by atoms with van der Waals surface area (Å²) in [5, 5.41) is 11.7. The topological polar surface area (TPSA) is 128 Å². The molecule has 9 heteroatoms. The maximum Gasteiger partial charge on any atom is 0.256 e. The number of nitrogens with zero attached hydrogens (tertiary/aromatic N) is 1. The van der Waals surface area contributed by atoms with Crippen molar-refractivity contribution in [2.45, 2.75) is 19.4 Å². The molecule has 1 aliphatic heterocycles. The van der Waals surface area contributed by atoms with Crippen LogP contribution in [0.25, 0.3) is 11.3 Å². The minimum Gasteiger partial charge on any atom is -0.357 e. The molecule has 0 radical (unpaired) electrons. The van der Waals surface area contributed by atoms with E-state index in [0.717, 1.165) is 42.4 Å². The number of aromatic amines is 1. The Kier molecular flexibility index (Phi) is 7.14. The summed E-state index contributed by atoms with van der Waals surface area (Å²) < 4.78 is 0. The molecule has 0 fully saturated rings. The standard InChI is InChI=1S/C25H26N6O3/c1-2-23(32)29-18-7-5-6-17(12-18)24(33)31-22-13-16(8-11-27-22)20-14-19-21(30-20)15-26-9-3-4-10-28-25(19)34/h2,5-8,11-14,26,30H,1,3-4,9-10,15H2,(H,28,34)(H,29,32)(H,27,31,33). The van der Waals surface area contributed by atoms with Gasteiger partial charge in [-0.3, -0.25) is 14.4 Å². The van der Waals surface area contributed by atoms with E-state index < -0.39 is 0 Å². The highest BCUT2D eigenvalue weighted by atomic mass is 16.2. The van der Waals surface area contributed by atoms with Gasteiger partial charge >= 0.3 is 0 Å². The molecule has 0 aliphatic carbocycles. The molecule has 2 aromatic heterocycles. The predicted octanol–water partition coefficient (Wildman–Crippen LogP) is 3.07. The van der Waals surface area contributed by atoms with Gasteiger partial charge in [-0.25, -0.2) is 4.98 Å². The average molecular weight is 459 g/mol. The molecule has 5 N–H and O–H groups in total. The Morgan fingerprint density at radius 3 is 2.76 bits per heavy atom. The second-order valence-electron chi connectivity index (χ2n) is 7.87. The van der Waals surface area contributed by atoms with Crippen LogP contribution in [0.4, 0.5) is 11.5 Å². The fourth-order valence-electron chi connectivity index (χ4n) is 3.67. The zero-order valence-corrected chi connectivity index (χ0v) is 18.6. The van der Waals surface area contributed by atoms with E-state index in [1.807, 2.05) is 12.1 Å². The molecule has 0 spiro atoms. The van der Waals surface area contributed by atoms with Gasteiger partial charge in [0.2, 0.25) is 5.91 Å². The molecule has 0 unspecified atom stereocenters. The van der Waals surface area contributed by atoms with E-state index >= 15 is 0 Å². The number of benzene rings is 1. The minimum atomic E-state index is -0.366. The fraction of sp³-hybridized carbons (Fsp3) is 0.200. The van der Waals surface area contributed by atoms with Crippen LogP contribution in [-0.2, 0) is 11.3 Å². The minimum absolute atomic E-state index is 0.104. The van der Waals surface area contributed by atoms with Gasteiger partial charge in [0.25, 0.3) is 11.8 Å². The summed E-state index contributed by atoms with van der Waals surface area (Å²) in [4.78, 5) is 44.4. The lowest BCUT2D eigenvalue weighted by atomic mass is 10.1. The van der Waals surface area contributed by atoms with Gasteiger partial charge in [-0.2, -0.15) is 0 Å². The lowest BCUT2D eigenvalue weighted by Crippen LogP contribution is -2.28. The highest BCUT2D eigenvalue weighted by Crippen LogP contribution is 2.24. The molecular formula is C25H26N6O3. The Morgan fingerprint density at radius 2 is 1.91 bits per heavy atom. The number of pyridine rings is 1. The molecule has 174 valence electrons. The smallest absolute Gasteiger partial charge is 0.256 e. The maximum atomic E-state index is 12.8. The largest absolute Gasteiger partial charge is 0.357 e. The Bertz CT molecular complexity index is 1230. The second-order valence-corrected chi connectivity index (χ2v) is 7.87. The van der Waals surface area contributed by atoms with E-state index in [0.29, 0.717) is 35.7 Å². The van der Waals surface area contributed by atoms with E-state index in [-0.39, 0.29) is 17.7 Å². The SMILES string of the molecule is C=CC(=O)Nc1cccc(C(=O)Nc2cc(-c3cc4c([nH]3)CNCCCCNC4=O)ccn2)c1. The summed E-state index contributed by atoms with van der Waals surface area (Å²) >= 11 is 0. The summed E-state index contributed by atoms with van der Waals surface area (Å²) in [6, 6.07) is 11.9. The summed E-state index contributed by atoms with van der Waals surface area (Å²) in [6.45, 7) is 5.51. The molecule has 0 saturated carbocycles. The molecule has 9 nitrogen and oxygen atoms in total. The van der Waals surface area contributed by atoms with Gasteiger partial charge in [0.1, 0.15) is 5.82 Å². The number of H-pyrrole nitrogens is 1. The number of aromatic nitrogens is 2. The van der Waals surface area contributed by atoms with Gasteiger partial charge in [-0.1, -0.05) is 12.6 Å². The molecule has 4 rings (SSSR count). The molecule has 0 atom stereocenters. The van der Waals surface area contributed by atoms with Crippen LogP contribution in [0.5, 0.6) is 0 Å². The second kappa shape index (κ2) is 10.6. The zero-order valence-electron chi connectivity index (χ0n) is 18.6. The highest BCUT2D eigenvalue weighted by Gasteiger charge is 2.17. The van der Waals surface area contributed by atoms with Crippen LogP contribution in [0.2, 0.25) is 0 Å². The van der Waals surface area contributed by atoms with Crippen LogP contribution in [0.1, 0.15) is 39.3 Å². The first-order valence-corrected chi connectivity index (χ1v) is 11.1. The van der Waals surface area contributed by atoms with Crippen molar-refractivity contribution in [3.63, 3.8) is 0 Å². The van der Waals surface area contributed by atoms with Gasteiger partial charge < -0.3 is 26.3 Å². The van der Waals surface area contributed by atoms with Crippen LogP contribution in [0, 0.1) is 0 Å². The maximum absolute atomic E-state index is 12.8. The molecule has 0 saturated heterocycles. The van der Waals surface area contributed by atoms with E-state index in [4.69, 9.17) is 0 Å². The first-order chi connectivity index (χ1) is 16.5. The fourth-order valence-corrected chi connectivity index (χ4v) is 3.67. The van der Waals surface area contributed by atoms with Crippen LogP contribution >= 0.6 is 0 Å².